The van der Waals surface area contributed by atoms with Crippen LogP contribution in [0.3, 0.4) is 0 Å². The van der Waals surface area contributed by atoms with Crippen molar-refractivity contribution in [1.29, 1.82) is 0 Å². The number of aliphatic hydroxyl groups is 1. The van der Waals surface area contributed by atoms with Crippen LogP contribution in [-0.4, -0.2) is 123 Å². The number of Topliss-reactive ketones (excluding diaryl/α,β-unsaturated/α-hetero) is 1. The van der Waals surface area contributed by atoms with Crippen molar-refractivity contribution in [2.24, 2.45) is 22.7 Å². The van der Waals surface area contributed by atoms with E-state index in [-0.39, 0.29) is 24.2 Å². The number of ketones is 1. The average Bonchev–Trinajstić information content (AvgIpc) is 3.45. The van der Waals surface area contributed by atoms with Crippen LogP contribution in [0.25, 0.3) is 0 Å². The summed E-state index contributed by atoms with van der Waals surface area (Å²) < 4.78 is 37.5. The number of fused-ring (bicyclic) bond motifs is 5. The van der Waals surface area contributed by atoms with Crippen LogP contribution in [0, 0.1) is 22.7 Å². The van der Waals surface area contributed by atoms with Crippen LogP contribution < -0.4 is 0 Å². The number of carboxylic acid groups (broad SMARTS) is 2. The quantitative estimate of drug-likeness (QED) is 0.152. The average molecular weight is 877 g/mol. The number of esters is 2. The molecule has 2 saturated heterocycles. The van der Waals surface area contributed by atoms with Crippen molar-refractivity contribution in [1.82, 2.24) is 0 Å². The second-order valence-electron chi connectivity index (χ2n) is 20.3. The van der Waals surface area contributed by atoms with Crippen molar-refractivity contribution in [3.8, 4) is 0 Å². The predicted octanol–water partition coefficient (Wildman–Crippen LogP) is 6.27. The monoisotopic (exact) mass is 876 g/mol. The Balaban J connectivity index is 1.63. The van der Waals surface area contributed by atoms with Gasteiger partial charge in [-0.15, -0.1) is 0 Å². The number of nitrogens with zero attached hydrogens (tertiary/aromatic N) is 1. The molecule has 4 fully saturated rings. The van der Waals surface area contributed by atoms with Gasteiger partial charge in [0.2, 0.25) is 11.3 Å². The van der Waals surface area contributed by atoms with Gasteiger partial charge in [-0.25, -0.2) is 9.59 Å². The first-order valence-corrected chi connectivity index (χ1v) is 21.5. The number of methoxy groups -OCH3 is 2. The lowest BCUT2D eigenvalue weighted by atomic mass is 9.43. The van der Waals surface area contributed by atoms with Gasteiger partial charge in [-0.05, 0) is 58.7 Å². The van der Waals surface area contributed by atoms with Crippen molar-refractivity contribution in [3.63, 3.8) is 0 Å². The van der Waals surface area contributed by atoms with E-state index >= 15 is 4.79 Å². The van der Waals surface area contributed by atoms with Crippen molar-refractivity contribution in [3.05, 3.63) is 82.9 Å². The molecule has 2 saturated carbocycles. The first-order valence-electron chi connectivity index (χ1n) is 21.5. The maximum atomic E-state index is 16.0. The molecule has 7 rings (SSSR count). The molecule has 2 aromatic carbocycles. The number of amides is 1. The topological polar surface area (TPSA) is 201 Å². The van der Waals surface area contributed by atoms with E-state index in [9.17, 15) is 34.5 Å². The van der Waals surface area contributed by atoms with Crippen LogP contribution in [0.1, 0.15) is 104 Å². The molecule has 1 unspecified atom stereocenters. The molecule has 15 heteroatoms. The number of rotatable bonds is 8. The molecule has 15 nitrogen and oxygen atoms in total. The summed E-state index contributed by atoms with van der Waals surface area (Å²) in [6, 6.07) is 15.0. The van der Waals surface area contributed by atoms with Gasteiger partial charge >= 0.3 is 24.0 Å². The third-order valence-corrected chi connectivity index (χ3v) is 15.8. The van der Waals surface area contributed by atoms with Gasteiger partial charge in [0.15, 0.2) is 17.4 Å². The Hall–Kier alpha value is -4.51. The lowest BCUT2D eigenvalue weighted by Gasteiger charge is -2.68. The van der Waals surface area contributed by atoms with Gasteiger partial charge in [0.05, 0.1) is 29.6 Å². The maximum Gasteiger partial charge on any atom is 0.516 e. The molecule has 2 heterocycles. The van der Waals surface area contributed by atoms with Crippen LogP contribution in [0.15, 0.2) is 71.8 Å². The highest BCUT2D eigenvalue weighted by atomic mass is 16.6. The zero-order chi connectivity index (χ0) is 46.7. The Morgan fingerprint density at radius 3 is 1.95 bits per heavy atom. The number of quaternary nitrogens is 1. The van der Waals surface area contributed by atoms with Gasteiger partial charge in [-0.3, -0.25) is 9.59 Å². The predicted molar refractivity (Wildman–Crippen MR) is 225 cm³/mol. The van der Waals surface area contributed by atoms with E-state index in [2.05, 4.69) is 0 Å². The number of carbonyl (C=O) groups excluding carboxylic acids is 3. The maximum absolute atomic E-state index is 16.0. The molecule has 0 aromatic heterocycles. The Kier molecular flexibility index (Phi) is 11.1. The van der Waals surface area contributed by atoms with Crippen LogP contribution in [0.4, 0.5) is 4.79 Å². The molecule has 1 amide bonds. The number of carbonyl (C=O) groups is 5. The zero-order valence-electron chi connectivity index (χ0n) is 38.2. The molecule has 5 aliphatic rings. The number of hydrogen-bond donors (Lipinski definition) is 3. The summed E-state index contributed by atoms with van der Waals surface area (Å²) in [7, 11) is 2.78. The van der Waals surface area contributed by atoms with Crippen molar-refractivity contribution >= 4 is 29.8 Å². The fraction of sp³-hybridized carbons (Fsp3) is 0.604. The summed E-state index contributed by atoms with van der Waals surface area (Å²) in [5.74, 6) is -6.46. The first kappa shape index (κ1) is 46.5. The Morgan fingerprint density at radius 1 is 0.889 bits per heavy atom. The Morgan fingerprint density at radius 2 is 1.48 bits per heavy atom. The molecular formula is C48H62NO14+. The lowest BCUT2D eigenvalue weighted by molar-refractivity contribution is -0.973. The molecule has 63 heavy (non-hydrogen) atoms. The van der Waals surface area contributed by atoms with E-state index in [0.29, 0.717) is 11.1 Å². The summed E-state index contributed by atoms with van der Waals surface area (Å²) in [6.45, 7) is 15.9. The fourth-order valence-corrected chi connectivity index (χ4v) is 13.3. The fourth-order valence-electron chi connectivity index (χ4n) is 13.3. The van der Waals surface area contributed by atoms with Crippen molar-refractivity contribution < 1.29 is 72.2 Å². The molecule has 342 valence electrons. The van der Waals surface area contributed by atoms with Gasteiger partial charge in [-0.1, -0.05) is 68.0 Å². The van der Waals surface area contributed by atoms with Gasteiger partial charge in [0, 0.05) is 58.3 Å². The summed E-state index contributed by atoms with van der Waals surface area (Å²) in [4.78, 5) is 72.9. The SMILES string of the molecule is CO[C@H]1C(=O)[C@]2(C)[C@@H](OC)C[C@H]3OC[C@@]3(OC(C)=O)[C@H]2[C@H](OC(=O)c2ccccc2)[C@]2(O)C[C@H]([C@@]3(C(=O)O)OC(C)(C)[N+](C(=O)O)(C(C)(C)C)[C@H]3c3ccccc3)C(C)=C1C2(C)C. The number of benzene rings is 2. The van der Waals surface area contributed by atoms with E-state index in [1.54, 1.807) is 111 Å². The molecule has 12 atom stereocenters. The third kappa shape index (κ3) is 5.95. The minimum absolute atomic E-state index is 0.0899. The highest BCUT2D eigenvalue weighted by Gasteiger charge is 2.84. The van der Waals surface area contributed by atoms with Crippen LogP contribution in [0.5, 0.6) is 0 Å². The molecule has 3 N–H and O–H groups in total. The zero-order valence-corrected chi connectivity index (χ0v) is 38.2. The molecule has 3 aliphatic carbocycles. The largest absolute Gasteiger partial charge is 0.516 e. The summed E-state index contributed by atoms with van der Waals surface area (Å²) in [5.41, 5.74) is -11.8. The molecule has 0 spiro atoms. The van der Waals surface area contributed by atoms with Crippen LogP contribution >= 0.6 is 0 Å². The van der Waals surface area contributed by atoms with Gasteiger partial charge in [0.25, 0.3) is 0 Å². The normalized spacial score (nSPS) is 39.1. The second kappa shape index (κ2) is 15.0. The van der Waals surface area contributed by atoms with E-state index in [4.69, 9.17) is 28.4 Å². The van der Waals surface area contributed by atoms with E-state index in [1.165, 1.54) is 33.3 Å². The minimum atomic E-state index is -2.49. The van der Waals surface area contributed by atoms with Crippen molar-refractivity contribution in [2.45, 2.75) is 141 Å². The summed E-state index contributed by atoms with van der Waals surface area (Å²) in [6.07, 6.45) is -6.81. The number of ether oxygens (including phenoxy) is 6. The van der Waals surface area contributed by atoms with E-state index in [1.807, 2.05) is 0 Å². The molecule has 2 bridgehead atoms. The number of carboxylic acids is 1. The van der Waals surface area contributed by atoms with E-state index in [0.717, 1.165) is 0 Å². The standard InChI is InChI=1S/C48H61NO14/c1-26-30(48(40(53)54)36(28-19-15-13-16-20-28)49(41(55)56,42(3,4)5)44(8,9)63-48)24-47(57)38(61-39(52)29-21-17-14-18-22-29)35-45(10,37(51)34(59-12)33(26)43(47,6)7)31(58-11)23-32-46(35,25-60-32)62-27(2)50/h13-22,30-32,34-36,38,57H,23-25H2,1-12H3,(H-,53,54,55,56)/p+1/t30-,31-,32+,34+,35-,36-,38-,45+,46-,47+,48+,49?/m0/s1. The van der Waals surface area contributed by atoms with Crippen molar-refractivity contribution in [2.75, 3.05) is 20.8 Å². The lowest BCUT2D eigenvalue weighted by Crippen LogP contribution is -2.82. The number of hydrogen-bond acceptors (Lipinski definition) is 12. The number of aliphatic carboxylic acids is 1. The third-order valence-electron chi connectivity index (χ3n) is 15.8. The minimum Gasteiger partial charge on any atom is -0.479 e. The highest BCUT2D eigenvalue weighted by Crippen LogP contribution is 2.69. The molecule has 0 radical (unpaired) electrons. The first-order chi connectivity index (χ1) is 29.2. The smallest absolute Gasteiger partial charge is 0.479 e. The molecule has 2 aliphatic heterocycles. The highest BCUT2D eigenvalue weighted by molar-refractivity contribution is 5.94. The van der Waals surface area contributed by atoms with Gasteiger partial charge in [-0.2, -0.15) is 9.28 Å². The van der Waals surface area contributed by atoms with E-state index < -0.39 is 122 Å². The Labute approximate surface area is 368 Å². The summed E-state index contributed by atoms with van der Waals surface area (Å²) >= 11 is 0. The molecular weight excluding hydrogens is 815 g/mol. The second-order valence-corrected chi connectivity index (χ2v) is 20.3. The van der Waals surface area contributed by atoms with Gasteiger partial charge < -0.3 is 43.7 Å². The van der Waals surface area contributed by atoms with Gasteiger partial charge in [0.1, 0.15) is 29.5 Å². The van der Waals surface area contributed by atoms with Crippen LogP contribution in [0.2, 0.25) is 0 Å². The van der Waals surface area contributed by atoms with Crippen LogP contribution in [-0.2, 0) is 42.8 Å². The summed E-state index contributed by atoms with van der Waals surface area (Å²) in [5, 5.41) is 38.0. The molecule has 2 aromatic rings. The Bertz CT molecular complexity index is 2230.